The number of anilines is 1. The highest BCUT2D eigenvalue weighted by Gasteiger charge is 2.07. The van der Waals surface area contributed by atoms with Crippen molar-refractivity contribution in [2.75, 3.05) is 5.01 Å². The van der Waals surface area contributed by atoms with Gasteiger partial charge in [-0.1, -0.05) is 18.2 Å². The van der Waals surface area contributed by atoms with Gasteiger partial charge in [0.25, 0.3) is 0 Å². The molecule has 68 valence electrons. The van der Waals surface area contributed by atoms with Crippen molar-refractivity contribution < 1.29 is 0 Å². The monoisotopic (exact) mass is 196 g/mol. The van der Waals surface area contributed by atoms with Crippen LogP contribution in [0.25, 0.3) is 0 Å². The molecule has 0 bridgehead atoms. The Morgan fingerprint density at radius 2 is 2.00 bits per heavy atom. The van der Waals surface area contributed by atoms with Crippen LogP contribution >= 0.6 is 11.6 Å². The summed E-state index contributed by atoms with van der Waals surface area (Å²) >= 11 is 5.68. The Labute approximate surface area is 81.3 Å². The number of halogens is 1. The number of hydrogen-bond donors (Lipinski definition) is 1. The summed E-state index contributed by atoms with van der Waals surface area (Å²) in [6.07, 6.45) is 0. The summed E-state index contributed by atoms with van der Waals surface area (Å²) in [6, 6.07) is 9.24. The number of nitrogens with two attached hydrogens (primary N) is 1. The van der Waals surface area contributed by atoms with Crippen molar-refractivity contribution in [3.63, 3.8) is 0 Å². The molecule has 0 spiro atoms. The van der Waals surface area contributed by atoms with E-state index in [2.05, 4.69) is 16.9 Å². The highest BCUT2D eigenvalue weighted by atomic mass is 35.5. The maximum Gasteiger partial charge on any atom is 0.241 e. The van der Waals surface area contributed by atoms with Crippen LogP contribution in [0.5, 0.6) is 0 Å². The Kier molecular flexibility index (Phi) is 3.28. The second kappa shape index (κ2) is 4.47. The van der Waals surface area contributed by atoms with Gasteiger partial charge in [-0.25, -0.2) is 5.01 Å². The van der Waals surface area contributed by atoms with Gasteiger partial charge in [0.05, 0.1) is 5.69 Å². The van der Waals surface area contributed by atoms with Gasteiger partial charge in [0.1, 0.15) is 0 Å². The molecular formula is C8H9ClN4. The molecule has 0 aliphatic rings. The fourth-order valence-corrected chi connectivity index (χ4v) is 1.02. The molecule has 1 aromatic carbocycles. The SMILES string of the molecule is C=NN(/C(Cl)=N\N)c1ccccc1. The minimum Gasteiger partial charge on any atom is -0.320 e. The van der Waals surface area contributed by atoms with E-state index in [1.165, 1.54) is 5.01 Å². The number of amidine groups is 1. The number of rotatable bonds is 2. The average molecular weight is 197 g/mol. The summed E-state index contributed by atoms with van der Waals surface area (Å²) in [6.45, 7) is 3.36. The first-order valence-electron chi connectivity index (χ1n) is 3.54. The first kappa shape index (κ1) is 9.54. The predicted molar refractivity (Wildman–Crippen MR) is 55.9 cm³/mol. The van der Waals surface area contributed by atoms with Crippen molar-refractivity contribution in [2.24, 2.45) is 16.0 Å². The smallest absolute Gasteiger partial charge is 0.241 e. The van der Waals surface area contributed by atoms with Gasteiger partial charge in [-0.2, -0.15) is 5.10 Å². The van der Waals surface area contributed by atoms with E-state index in [9.17, 15) is 0 Å². The molecule has 1 rings (SSSR count). The molecule has 4 nitrogen and oxygen atoms in total. The fraction of sp³-hybridized carbons (Fsp3) is 0. The van der Waals surface area contributed by atoms with E-state index in [0.717, 1.165) is 5.69 Å². The lowest BCUT2D eigenvalue weighted by molar-refractivity contribution is 1.12. The Balaban J connectivity index is 2.98. The van der Waals surface area contributed by atoms with Crippen molar-refractivity contribution in [1.29, 1.82) is 0 Å². The van der Waals surface area contributed by atoms with Crippen LogP contribution in [0, 0.1) is 0 Å². The van der Waals surface area contributed by atoms with E-state index in [-0.39, 0.29) is 5.29 Å². The van der Waals surface area contributed by atoms with Gasteiger partial charge in [-0.15, -0.1) is 5.10 Å². The van der Waals surface area contributed by atoms with Crippen LogP contribution in [0.1, 0.15) is 0 Å². The number of para-hydroxylation sites is 1. The topological polar surface area (TPSA) is 54.0 Å². The zero-order chi connectivity index (χ0) is 9.68. The standard InChI is InChI=1S/C8H9ClN4/c1-11-13(8(9)12-10)7-5-3-2-4-6-7/h2-6H,1,10H2/b12-8-. The molecular weight excluding hydrogens is 188 g/mol. The summed E-state index contributed by atoms with van der Waals surface area (Å²) in [7, 11) is 0. The van der Waals surface area contributed by atoms with Gasteiger partial charge in [-0.05, 0) is 23.7 Å². The van der Waals surface area contributed by atoms with Crippen molar-refractivity contribution in [1.82, 2.24) is 0 Å². The van der Waals surface area contributed by atoms with E-state index in [1.807, 2.05) is 30.3 Å². The van der Waals surface area contributed by atoms with Crippen LogP contribution in [0.2, 0.25) is 0 Å². The summed E-state index contributed by atoms with van der Waals surface area (Å²) in [5.41, 5.74) is 0.761. The molecule has 5 heteroatoms. The van der Waals surface area contributed by atoms with E-state index in [1.54, 1.807) is 0 Å². The first-order valence-corrected chi connectivity index (χ1v) is 3.92. The molecule has 0 unspecified atom stereocenters. The van der Waals surface area contributed by atoms with Crippen LogP contribution in [-0.4, -0.2) is 12.0 Å². The molecule has 0 amide bonds. The van der Waals surface area contributed by atoms with Crippen LogP contribution in [-0.2, 0) is 0 Å². The molecule has 0 aliphatic heterocycles. The summed E-state index contributed by atoms with van der Waals surface area (Å²) in [5.74, 6) is 5.01. The maximum atomic E-state index is 5.68. The molecule has 0 aliphatic carbocycles. The van der Waals surface area contributed by atoms with E-state index in [4.69, 9.17) is 17.4 Å². The minimum atomic E-state index is 0.0706. The second-order valence-corrected chi connectivity index (χ2v) is 2.52. The Hall–Kier alpha value is -1.55. The van der Waals surface area contributed by atoms with Crippen LogP contribution in [0.4, 0.5) is 5.69 Å². The Morgan fingerprint density at radius 1 is 1.38 bits per heavy atom. The Bertz CT molecular complexity index is 309. The molecule has 0 heterocycles. The van der Waals surface area contributed by atoms with Crippen LogP contribution in [0.15, 0.2) is 40.5 Å². The first-order chi connectivity index (χ1) is 6.29. The van der Waals surface area contributed by atoms with Gasteiger partial charge >= 0.3 is 0 Å². The molecule has 13 heavy (non-hydrogen) atoms. The van der Waals surface area contributed by atoms with Crippen LogP contribution < -0.4 is 10.9 Å². The highest BCUT2D eigenvalue weighted by Crippen LogP contribution is 2.14. The van der Waals surface area contributed by atoms with Crippen molar-refractivity contribution in [3.8, 4) is 0 Å². The van der Waals surface area contributed by atoms with Gasteiger partial charge in [0.2, 0.25) is 5.29 Å². The van der Waals surface area contributed by atoms with Crippen molar-refractivity contribution in [3.05, 3.63) is 30.3 Å². The summed E-state index contributed by atoms with van der Waals surface area (Å²) in [4.78, 5) is 0. The molecule has 0 saturated heterocycles. The fourth-order valence-electron chi connectivity index (χ4n) is 0.870. The third-order valence-corrected chi connectivity index (χ3v) is 1.68. The minimum absolute atomic E-state index is 0.0706. The largest absolute Gasteiger partial charge is 0.320 e. The molecule has 0 atom stereocenters. The van der Waals surface area contributed by atoms with E-state index < -0.39 is 0 Å². The molecule has 0 radical (unpaired) electrons. The molecule has 0 fully saturated rings. The third kappa shape index (κ3) is 2.19. The molecule has 1 aromatic rings. The maximum absolute atomic E-state index is 5.68. The van der Waals surface area contributed by atoms with Crippen molar-refractivity contribution >= 4 is 29.3 Å². The molecule has 0 aromatic heterocycles. The lowest BCUT2D eigenvalue weighted by Gasteiger charge is -2.14. The zero-order valence-corrected chi connectivity index (χ0v) is 7.65. The van der Waals surface area contributed by atoms with Gasteiger partial charge < -0.3 is 5.84 Å². The number of hydrazone groups is 2. The van der Waals surface area contributed by atoms with Crippen LogP contribution in [0.3, 0.4) is 0 Å². The van der Waals surface area contributed by atoms with Gasteiger partial charge in [0, 0.05) is 6.72 Å². The normalized spacial score (nSPS) is 11.0. The third-order valence-electron chi connectivity index (χ3n) is 1.42. The summed E-state index contributed by atoms with van der Waals surface area (Å²) < 4.78 is 0. The number of hydrogen-bond acceptors (Lipinski definition) is 3. The van der Waals surface area contributed by atoms with Gasteiger partial charge in [0.15, 0.2) is 0 Å². The molecule has 2 N–H and O–H groups in total. The van der Waals surface area contributed by atoms with E-state index >= 15 is 0 Å². The Morgan fingerprint density at radius 3 is 2.46 bits per heavy atom. The quantitative estimate of drug-likeness (QED) is 0.257. The predicted octanol–water partition coefficient (Wildman–Crippen LogP) is 1.58. The van der Waals surface area contributed by atoms with E-state index in [0.29, 0.717) is 0 Å². The lowest BCUT2D eigenvalue weighted by Crippen LogP contribution is -2.21. The average Bonchev–Trinajstić information content (AvgIpc) is 2.20. The number of nitrogens with zero attached hydrogens (tertiary/aromatic N) is 3. The zero-order valence-electron chi connectivity index (χ0n) is 6.89. The van der Waals surface area contributed by atoms with Gasteiger partial charge in [-0.3, -0.25) is 0 Å². The lowest BCUT2D eigenvalue weighted by atomic mass is 10.3. The number of benzene rings is 1. The highest BCUT2D eigenvalue weighted by molar-refractivity contribution is 6.67. The summed E-state index contributed by atoms with van der Waals surface area (Å²) in [5, 5.41) is 8.39. The second-order valence-electron chi connectivity index (χ2n) is 2.19. The molecule has 0 saturated carbocycles. The van der Waals surface area contributed by atoms with Crippen molar-refractivity contribution in [2.45, 2.75) is 0 Å².